The van der Waals surface area contributed by atoms with Crippen molar-refractivity contribution in [2.24, 2.45) is 18.9 Å². The van der Waals surface area contributed by atoms with E-state index in [1.54, 1.807) is 0 Å². The van der Waals surface area contributed by atoms with Gasteiger partial charge in [-0.25, -0.2) is 0 Å². The molecular formula is C17H30ClN3. The first-order valence-corrected chi connectivity index (χ1v) is 8.85. The molecule has 2 rings (SSSR count). The van der Waals surface area contributed by atoms with Gasteiger partial charge < -0.3 is 5.32 Å². The molecule has 1 heterocycles. The molecule has 0 aromatic carbocycles. The van der Waals surface area contributed by atoms with Gasteiger partial charge in [-0.1, -0.05) is 44.7 Å². The summed E-state index contributed by atoms with van der Waals surface area (Å²) in [6.45, 7) is 4.44. The quantitative estimate of drug-likeness (QED) is 0.861. The summed E-state index contributed by atoms with van der Waals surface area (Å²) in [5.41, 5.74) is 2.21. The molecule has 3 unspecified atom stereocenters. The average molecular weight is 312 g/mol. The number of aryl methyl sites for hydroxylation is 2. The summed E-state index contributed by atoms with van der Waals surface area (Å²) in [6, 6.07) is 0.511. The van der Waals surface area contributed by atoms with Gasteiger partial charge in [0.15, 0.2) is 0 Å². The second kappa shape index (κ2) is 7.64. The second-order valence-electron chi connectivity index (χ2n) is 6.48. The zero-order chi connectivity index (χ0) is 15.4. The van der Waals surface area contributed by atoms with E-state index in [0.29, 0.717) is 6.04 Å². The fourth-order valence-corrected chi connectivity index (χ4v) is 4.19. The lowest BCUT2D eigenvalue weighted by molar-refractivity contribution is 0.211. The van der Waals surface area contributed by atoms with E-state index in [4.69, 9.17) is 11.6 Å². The summed E-state index contributed by atoms with van der Waals surface area (Å²) < 4.78 is 1.98. The predicted octanol–water partition coefficient (Wildman–Crippen LogP) is 3.98. The van der Waals surface area contributed by atoms with Crippen LogP contribution >= 0.6 is 11.6 Å². The van der Waals surface area contributed by atoms with E-state index >= 15 is 0 Å². The van der Waals surface area contributed by atoms with Crippen LogP contribution in [0.5, 0.6) is 0 Å². The lowest BCUT2D eigenvalue weighted by atomic mass is 9.76. The van der Waals surface area contributed by atoms with Crippen molar-refractivity contribution in [3.05, 3.63) is 16.4 Å². The van der Waals surface area contributed by atoms with Crippen molar-refractivity contribution in [1.82, 2.24) is 15.1 Å². The lowest BCUT2D eigenvalue weighted by Crippen LogP contribution is -2.38. The molecule has 1 N–H and O–H groups in total. The van der Waals surface area contributed by atoms with Crippen LogP contribution < -0.4 is 5.32 Å². The predicted molar refractivity (Wildman–Crippen MR) is 89.9 cm³/mol. The van der Waals surface area contributed by atoms with Gasteiger partial charge in [0.05, 0.1) is 16.4 Å². The van der Waals surface area contributed by atoms with Crippen molar-refractivity contribution >= 4 is 11.6 Å². The topological polar surface area (TPSA) is 29.9 Å². The molecule has 21 heavy (non-hydrogen) atoms. The molecular weight excluding hydrogens is 282 g/mol. The number of hydrogen-bond acceptors (Lipinski definition) is 2. The van der Waals surface area contributed by atoms with Gasteiger partial charge in [0.1, 0.15) is 0 Å². The smallest absolute Gasteiger partial charge is 0.0850 e. The van der Waals surface area contributed by atoms with Gasteiger partial charge >= 0.3 is 0 Å². The summed E-state index contributed by atoms with van der Waals surface area (Å²) >= 11 is 6.51. The minimum Gasteiger partial charge on any atom is -0.316 e. The number of halogens is 1. The monoisotopic (exact) mass is 311 g/mol. The highest BCUT2D eigenvalue weighted by Crippen LogP contribution is 2.34. The highest BCUT2D eigenvalue weighted by Gasteiger charge is 2.28. The standard InChI is InChI=1S/C17H30ClN3/c1-5-12-8-7-9-13(10-12)15(19-3)11-16-17(18)14(6-2)20-21(16)4/h12-13,15,19H,5-11H2,1-4H3. The van der Waals surface area contributed by atoms with E-state index in [1.165, 1.54) is 37.8 Å². The van der Waals surface area contributed by atoms with Crippen molar-refractivity contribution in [3.8, 4) is 0 Å². The highest BCUT2D eigenvalue weighted by molar-refractivity contribution is 6.31. The molecule has 4 heteroatoms. The minimum atomic E-state index is 0.511. The van der Waals surface area contributed by atoms with Crippen LogP contribution in [-0.2, 0) is 19.9 Å². The molecule has 0 radical (unpaired) electrons. The number of likely N-dealkylation sites (N-methyl/N-ethyl adjacent to an activating group) is 1. The average Bonchev–Trinajstić information content (AvgIpc) is 2.79. The summed E-state index contributed by atoms with van der Waals surface area (Å²) in [6.07, 6.45) is 8.70. The molecule has 1 aromatic heterocycles. The zero-order valence-corrected chi connectivity index (χ0v) is 14.7. The first-order chi connectivity index (χ1) is 10.1. The van der Waals surface area contributed by atoms with Crippen LogP contribution in [0.3, 0.4) is 0 Å². The van der Waals surface area contributed by atoms with Crippen LogP contribution in [0.15, 0.2) is 0 Å². The first-order valence-electron chi connectivity index (χ1n) is 8.48. The Morgan fingerprint density at radius 1 is 1.38 bits per heavy atom. The fraction of sp³-hybridized carbons (Fsp3) is 0.824. The van der Waals surface area contributed by atoms with Crippen molar-refractivity contribution < 1.29 is 0 Å². The Kier molecular flexibility index (Phi) is 6.12. The maximum atomic E-state index is 6.51. The van der Waals surface area contributed by atoms with Crippen molar-refractivity contribution in [2.45, 2.75) is 64.8 Å². The highest BCUT2D eigenvalue weighted by atomic mass is 35.5. The SMILES string of the molecule is CCc1nn(C)c(CC(NC)C2CCCC(CC)C2)c1Cl. The summed E-state index contributed by atoms with van der Waals surface area (Å²) in [4.78, 5) is 0. The third-order valence-corrected chi connectivity index (χ3v) is 5.69. The number of aromatic nitrogens is 2. The third-order valence-electron chi connectivity index (χ3n) is 5.26. The fourth-order valence-electron chi connectivity index (χ4n) is 3.82. The molecule has 1 aromatic rings. The largest absolute Gasteiger partial charge is 0.316 e. The van der Waals surface area contributed by atoms with Gasteiger partial charge in [0.2, 0.25) is 0 Å². The van der Waals surface area contributed by atoms with Crippen molar-refractivity contribution in [1.29, 1.82) is 0 Å². The zero-order valence-electron chi connectivity index (χ0n) is 14.0. The van der Waals surface area contributed by atoms with Crippen LogP contribution in [0.1, 0.15) is 57.3 Å². The first kappa shape index (κ1) is 16.8. The molecule has 1 aliphatic rings. The van der Waals surface area contributed by atoms with Crippen LogP contribution in [0.25, 0.3) is 0 Å². The third kappa shape index (κ3) is 3.81. The van der Waals surface area contributed by atoms with Crippen LogP contribution in [0, 0.1) is 11.8 Å². The molecule has 0 saturated heterocycles. The number of nitrogens with one attached hydrogen (secondary N) is 1. The molecule has 0 bridgehead atoms. The van der Waals surface area contributed by atoms with Gasteiger partial charge in [-0.2, -0.15) is 5.10 Å². The van der Waals surface area contributed by atoms with Crippen molar-refractivity contribution in [3.63, 3.8) is 0 Å². The lowest BCUT2D eigenvalue weighted by Gasteiger charge is -2.34. The molecule has 0 amide bonds. The van der Waals surface area contributed by atoms with Gasteiger partial charge in [0.25, 0.3) is 0 Å². The second-order valence-corrected chi connectivity index (χ2v) is 6.86. The van der Waals surface area contributed by atoms with Crippen molar-refractivity contribution in [2.75, 3.05) is 7.05 Å². The minimum absolute atomic E-state index is 0.511. The molecule has 3 nitrogen and oxygen atoms in total. The molecule has 1 saturated carbocycles. The Balaban J connectivity index is 2.10. The molecule has 3 atom stereocenters. The molecule has 1 aliphatic carbocycles. The Morgan fingerprint density at radius 2 is 2.14 bits per heavy atom. The maximum Gasteiger partial charge on any atom is 0.0850 e. The van der Waals surface area contributed by atoms with E-state index in [9.17, 15) is 0 Å². The summed E-state index contributed by atoms with van der Waals surface area (Å²) in [7, 11) is 4.11. The van der Waals surface area contributed by atoms with E-state index < -0.39 is 0 Å². The number of hydrogen-bond donors (Lipinski definition) is 1. The van der Waals surface area contributed by atoms with E-state index in [2.05, 4.69) is 31.3 Å². The van der Waals surface area contributed by atoms with Gasteiger partial charge in [-0.05, 0) is 38.1 Å². The molecule has 1 fully saturated rings. The van der Waals surface area contributed by atoms with Gasteiger partial charge in [-0.3, -0.25) is 4.68 Å². The van der Waals surface area contributed by atoms with E-state index in [0.717, 1.165) is 35.4 Å². The normalized spacial score (nSPS) is 24.2. The van der Waals surface area contributed by atoms with Gasteiger partial charge in [-0.15, -0.1) is 0 Å². The van der Waals surface area contributed by atoms with Crippen LogP contribution in [-0.4, -0.2) is 22.9 Å². The molecule has 0 spiro atoms. The van der Waals surface area contributed by atoms with E-state index in [-0.39, 0.29) is 0 Å². The maximum absolute atomic E-state index is 6.51. The van der Waals surface area contributed by atoms with Crippen LogP contribution in [0.2, 0.25) is 5.02 Å². The summed E-state index contributed by atoms with van der Waals surface area (Å²) in [5.74, 6) is 1.68. The van der Waals surface area contributed by atoms with E-state index in [1.807, 2.05) is 11.7 Å². The Bertz CT molecular complexity index is 455. The number of nitrogens with zero attached hydrogens (tertiary/aromatic N) is 2. The Morgan fingerprint density at radius 3 is 2.71 bits per heavy atom. The van der Waals surface area contributed by atoms with Gasteiger partial charge in [0, 0.05) is 19.5 Å². The Labute approximate surface area is 134 Å². The Hall–Kier alpha value is -0.540. The van der Waals surface area contributed by atoms with Crippen LogP contribution in [0.4, 0.5) is 0 Å². The summed E-state index contributed by atoms with van der Waals surface area (Å²) in [5, 5.41) is 8.97. The molecule has 0 aliphatic heterocycles. The number of rotatable bonds is 6. The molecule has 120 valence electrons.